The lowest BCUT2D eigenvalue weighted by Crippen LogP contribution is -2.21. The van der Waals surface area contributed by atoms with Gasteiger partial charge in [0, 0.05) is 12.1 Å². The summed E-state index contributed by atoms with van der Waals surface area (Å²) in [6, 6.07) is 8.32. The van der Waals surface area contributed by atoms with E-state index in [1.807, 2.05) is 6.07 Å². The lowest BCUT2D eigenvalue weighted by Gasteiger charge is -2.25. The second kappa shape index (κ2) is 6.79. The lowest BCUT2D eigenvalue weighted by molar-refractivity contribution is 0.239. The molecule has 1 aromatic rings. The molecule has 0 unspecified atom stereocenters. The highest BCUT2D eigenvalue weighted by Gasteiger charge is 2.16. The summed E-state index contributed by atoms with van der Waals surface area (Å²) in [6.45, 7) is 6.18. The van der Waals surface area contributed by atoms with Gasteiger partial charge in [-0.25, -0.2) is 0 Å². The van der Waals surface area contributed by atoms with Crippen molar-refractivity contribution in [3.05, 3.63) is 29.8 Å². The Balaban J connectivity index is 1.76. The first kappa shape index (κ1) is 13.4. The Kier molecular flexibility index (Phi) is 5.06. The van der Waals surface area contributed by atoms with Crippen molar-refractivity contribution in [3.8, 4) is 5.75 Å². The topological polar surface area (TPSA) is 21.3 Å². The van der Waals surface area contributed by atoms with Crippen molar-refractivity contribution in [2.45, 2.75) is 52.2 Å². The molecule has 0 bridgehead atoms. The second-order valence-electron chi connectivity index (χ2n) is 5.54. The van der Waals surface area contributed by atoms with Crippen LogP contribution in [0, 0.1) is 5.92 Å². The summed E-state index contributed by atoms with van der Waals surface area (Å²) in [6.07, 6.45) is 5.88. The highest BCUT2D eigenvalue weighted by Crippen LogP contribution is 2.28. The molecule has 0 atom stereocenters. The first-order valence-electron chi connectivity index (χ1n) is 7.21. The summed E-state index contributed by atoms with van der Waals surface area (Å²) in [5.74, 6) is 2.00. The average Bonchev–Trinajstić information content (AvgIpc) is 2.28. The zero-order valence-corrected chi connectivity index (χ0v) is 11.6. The average molecular weight is 247 g/mol. The van der Waals surface area contributed by atoms with E-state index in [2.05, 4.69) is 37.4 Å². The fourth-order valence-electron chi connectivity index (χ4n) is 2.33. The van der Waals surface area contributed by atoms with Crippen LogP contribution in [0.5, 0.6) is 5.75 Å². The molecule has 2 nitrogen and oxygen atoms in total. The third-order valence-corrected chi connectivity index (χ3v) is 3.60. The van der Waals surface area contributed by atoms with Gasteiger partial charge in [-0.15, -0.1) is 0 Å². The van der Waals surface area contributed by atoms with Crippen molar-refractivity contribution in [1.82, 2.24) is 5.32 Å². The van der Waals surface area contributed by atoms with E-state index < -0.39 is 0 Å². The van der Waals surface area contributed by atoms with Gasteiger partial charge in [-0.05, 0) is 38.8 Å². The molecular weight excluding hydrogens is 222 g/mol. The Morgan fingerprint density at radius 3 is 2.72 bits per heavy atom. The fourth-order valence-corrected chi connectivity index (χ4v) is 2.33. The molecule has 1 aliphatic carbocycles. The van der Waals surface area contributed by atoms with Crippen LogP contribution in [0.4, 0.5) is 0 Å². The summed E-state index contributed by atoms with van der Waals surface area (Å²) < 4.78 is 5.82. The fraction of sp³-hybridized carbons (Fsp3) is 0.625. The molecule has 1 saturated carbocycles. The number of nitrogens with one attached hydrogen (secondary N) is 1. The minimum atomic E-state index is 0.237. The molecule has 0 aromatic heterocycles. The molecule has 0 saturated heterocycles. The molecule has 100 valence electrons. The summed E-state index contributed by atoms with van der Waals surface area (Å²) in [4.78, 5) is 0. The number of ether oxygens (including phenoxy) is 1. The zero-order chi connectivity index (χ0) is 12.8. The van der Waals surface area contributed by atoms with Crippen LogP contribution in [0.25, 0.3) is 0 Å². The Bertz CT molecular complexity index is 358. The summed E-state index contributed by atoms with van der Waals surface area (Å²) in [5, 5.41) is 3.53. The van der Waals surface area contributed by atoms with Gasteiger partial charge in [0.1, 0.15) is 5.75 Å². The van der Waals surface area contributed by atoms with E-state index in [0.29, 0.717) is 0 Å². The van der Waals surface area contributed by atoms with Gasteiger partial charge in [0.2, 0.25) is 0 Å². The van der Waals surface area contributed by atoms with Gasteiger partial charge in [0.05, 0.1) is 6.10 Å². The van der Waals surface area contributed by atoms with Crippen LogP contribution in [0.15, 0.2) is 24.3 Å². The quantitative estimate of drug-likeness (QED) is 0.741. The van der Waals surface area contributed by atoms with Gasteiger partial charge in [0.15, 0.2) is 0 Å². The molecule has 1 fully saturated rings. The highest BCUT2D eigenvalue weighted by molar-refractivity contribution is 5.33. The SMILES string of the molecule is CC(C)Oc1ccccc1CNCCC1CCC1. The number of para-hydroxylation sites is 1. The molecule has 0 spiro atoms. The Morgan fingerprint density at radius 1 is 1.28 bits per heavy atom. The number of rotatable bonds is 7. The molecule has 1 aliphatic rings. The van der Waals surface area contributed by atoms with Gasteiger partial charge in [-0.1, -0.05) is 37.5 Å². The summed E-state index contributed by atoms with van der Waals surface area (Å²) in [5.41, 5.74) is 1.26. The second-order valence-corrected chi connectivity index (χ2v) is 5.54. The largest absolute Gasteiger partial charge is 0.491 e. The van der Waals surface area contributed by atoms with E-state index in [-0.39, 0.29) is 6.10 Å². The van der Waals surface area contributed by atoms with E-state index >= 15 is 0 Å². The molecular formula is C16H25NO. The number of hydrogen-bond donors (Lipinski definition) is 1. The smallest absolute Gasteiger partial charge is 0.124 e. The number of hydrogen-bond acceptors (Lipinski definition) is 2. The predicted molar refractivity (Wildman–Crippen MR) is 75.9 cm³/mol. The summed E-state index contributed by atoms with van der Waals surface area (Å²) >= 11 is 0. The predicted octanol–water partition coefficient (Wildman–Crippen LogP) is 3.75. The van der Waals surface area contributed by atoms with Crippen molar-refractivity contribution in [1.29, 1.82) is 0 Å². The van der Waals surface area contributed by atoms with Crippen molar-refractivity contribution in [2.24, 2.45) is 5.92 Å². The molecule has 2 heteroatoms. The van der Waals surface area contributed by atoms with Gasteiger partial charge in [-0.2, -0.15) is 0 Å². The van der Waals surface area contributed by atoms with Crippen molar-refractivity contribution in [3.63, 3.8) is 0 Å². The standard InChI is InChI=1S/C16H25NO/c1-13(2)18-16-9-4-3-8-15(16)12-17-11-10-14-6-5-7-14/h3-4,8-9,13-14,17H,5-7,10-12H2,1-2H3. The minimum absolute atomic E-state index is 0.237. The molecule has 2 rings (SSSR count). The Labute approximate surface area is 111 Å². The van der Waals surface area contributed by atoms with Gasteiger partial charge in [-0.3, -0.25) is 0 Å². The van der Waals surface area contributed by atoms with Gasteiger partial charge < -0.3 is 10.1 Å². The maximum absolute atomic E-state index is 5.82. The van der Waals surface area contributed by atoms with Crippen LogP contribution in [0.2, 0.25) is 0 Å². The van der Waals surface area contributed by atoms with Gasteiger partial charge >= 0.3 is 0 Å². The molecule has 0 heterocycles. The van der Waals surface area contributed by atoms with Crippen LogP contribution in [0.1, 0.15) is 45.1 Å². The molecule has 0 amide bonds. The van der Waals surface area contributed by atoms with E-state index in [1.54, 1.807) is 0 Å². The first-order valence-corrected chi connectivity index (χ1v) is 7.21. The molecule has 18 heavy (non-hydrogen) atoms. The third-order valence-electron chi connectivity index (χ3n) is 3.60. The zero-order valence-electron chi connectivity index (χ0n) is 11.6. The van der Waals surface area contributed by atoms with Crippen LogP contribution in [-0.2, 0) is 6.54 Å². The summed E-state index contributed by atoms with van der Waals surface area (Å²) in [7, 11) is 0. The van der Waals surface area contributed by atoms with E-state index in [0.717, 1.165) is 24.8 Å². The van der Waals surface area contributed by atoms with Crippen molar-refractivity contribution < 1.29 is 4.74 Å². The highest BCUT2D eigenvalue weighted by atomic mass is 16.5. The van der Waals surface area contributed by atoms with E-state index in [1.165, 1.54) is 31.2 Å². The van der Waals surface area contributed by atoms with Crippen LogP contribution in [-0.4, -0.2) is 12.6 Å². The van der Waals surface area contributed by atoms with Crippen molar-refractivity contribution >= 4 is 0 Å². The molecule has 1 N–H and O–H groups in total. The van der Waals surface area contributed by atoms with Crippen LogP contribution in [0.3, 0.4) is 0 Å². The van der Waals surface area contributed by atoms with Crippen LogP contribution < -0.4 is 10.1 Å². The van der Waals surface area contributed by atoms with Crippen molar-refractivity contribution in [2.75, 3.05) is 6.54 Å². The minimum Gasteiger partial charge on any atom is -0.491 e. The first-order chi connectivity index (χ1) is 8.75. The molecule has 0 radical (unpaired) electrons. The normalized spacial score (nSPS) is 15.7. The monoisotopic (exact) mass is 247 g/mol. The van der Waals surface area contributed by atoms with E-state index in [9.17, 15) is 0 Å². The molecule has 1 aromatic carbocycles. The Morgan fingerprint density at radius 2 is 2.06 bits per heavy atom. The Hall–Kier alpha value is -1.02. The molecule has 0 aliphatic heterocycles. The van der Waals surface area contributed by atoms with Gasteiger partial charge in [0.25, 0.3) is 0 Å². The maximum Gasteiger partial charge on any atom is 0.124 e. The van der Waals surface area contributed by atoms with E-state index in [4.69, 9.17) is 4.74 Å². The maximum atomic E-state index is 5.82. The lowest BCUT2D eigenvalue weighted by atomic mass is 9.83. The number of benzene rings is 1. The third kappa shape index (κ3) is 4.02. The van der Waals surface area contributed by atoms with Crippen LogP contribution >= 0.6 is 0 Å².